The first-order chi connectivity index (χ1) is 14.8. The van der Waals surface area contributed by atoms with Crippen molar-refractivity contribution < 1.29 is 18.3 Å². The zero-order chi connectivity index (χ0) is 21.8. The Balaban J connectivity index is 1.72. The van der Waals surface area contributed by atoms with E-state index in [4.69, 9.17) is 0 Å². The first-order valence-corrected chi connectivity index (χ1v) is 10.8. The molecule has 164 valence electrons. The van der Waals surface area contributed by atoms with Gasteiger partial charge in [-0.15, -0.1) is 0 Å². The third-order valence-electron chi connectivity index (χ3n) is 6.54. The maximum atomic E-state index is 13.9. The fourth-order valence-corrected chi connectivity index (χ4v) is 4.99. The Morgan fingerprint density at radius 3 is 2.58 bits per heavy atom. The molecule has 5 rings (SSSR count). The minimum Gasteiger partial charge on any atom is -0.391 e. The van der Waals surface area contributed by atoms with Crippen LogP contribution in [0.3, 0.4) is 0 Å². The summed E-state index contributed by atoms with van der Waals surface area (Å²) in [6.45, 7) is 0.909. The standard InChI is InChI=1S/C23H24F3N3O2/c24-23(25,26)19-9-8-15(28-11-10-16(30)13-28)12-20(19)29-22(31)18-7-3-6-17(18)21(27-29)14-4-1-2-5-14/h4,8-9,12,16,30H,1-3,5-7,10-11,13H2/t16-/m0/s1. The van der Waals surface area contributed by atoms with E-state index in [0.29, 0.717) is 42.9 Å². The molecule has 8 heteroatoms. The summed E-state index contributed by atoms with van der Waals surface area (Å²) in [6.07, 6.45) is 2.38. The second-order valence-electron chi connectivity index (χ2n) is 8.59. The molecule has 0 spiro atoms. The van der Waals surface area contributed by atoms with Crippen LogP contribution in [0.25, 0.3) is 11.3 Å². The minimum absolute atomic E-state index is 0.245. The number of aliphatic hydroxyl groups is 1. The number of benzene rings is 1. The van der Waals surface area contributed by atoms with Crippen molar-refractivity contribution in [2.45, 2.75) is 57.2 Å². The highest BCUT2D eigenvalue weighted by Gasteiger charge is 2.36. The number of hydrogen-bond acceptors (Lipinski definition) is 4. The summed E-state index contributed by atoms with van der Waals surface area (Å²) in [4.78, 5) is 15.1. The summed E-state index contributed by atoms with van der Waals surface area (Å²) < 4.78 is 42.7. The summed E-state index contributed by atoms with van der Waals surface area (Å²) in [6, 6.07) is 3.82. The Kier molecular flexibility index (Phi) is 4.92. The Hall–Kier alpha value is -2.61. The van der Waals surface area contributed by atoms with Gasteiger partial charge in [0.1, 0.15) is 0 Å². The van der Waals surface area contributed by atoms with E-state index in [9.17, 15) is 23.1 Å². The summed E-state index contributed by atoms with van der Waals surface area (Å²) in [5, 5.41) is 14.4. The van der Waals surface area contributed by atoms with Crippen LogP contribution in [-0.4, -0.2) is 34.1 Å². The van der Waals surface area contributed by atoms with Crippen molar-refractivity contribution in [1.82, 2.24) is 9.78 Å². The summed E-state index contributed by atoms with van der Waals surface area (Å²) in [7, 11) is 0. The van der Waals surface area contributed by atoms with Crippen LogP contribution in [0.2, 0.25) is 0 Å². The van der Waals surface area contributed by atoms with Gasteiger partial charge in [-0.1, -0.05) is 6.08 Å². The third kappa shape index (κ3) is 3.56. The van der Waals surface area contributed by atoms with Gasteiger partial charge in [-0.3, -0.25) is 4.79 Å². The van der Waals surface area contributed by atoms with E-state index in [1.807, 2.05) is 4.90 Å². The molecular formula is C23H24F3N3O2. The number of halogens is 3. The minimum atomic E-state index is -4.62. The van der Waals surface area contributed by atoms with Gasteiger partial charge >= 0.3 is 6.18 Å². The van der Waals surface area contributed by atoms with Gasteiger partial charge in [0.05, 0.1) is 23.0 Å². The Labute approximate surface area is 177 Å². The van der Waals surface area contributed by atoms with E-state index in [-0.39, 0.29) is 5.69 Å². The SMILES string of the molecule is O=c1c2c(c(C3=CCCC3)nn1-c1cc(N3CC[C@H](O)C3)ccc1C(F)(F)F)CCC2. The largest absolute Gasteiger partial charge is 0.418 e. The van der Waals surface area contributed by atoms with Crippen molar-refractivity contribution in [2.24, 2.45) is 0 Å². The highest BCUT2D eigenvalue weighted by Crippen LogP contribution is 2.37. The molecule has 0 bridgehead atoms. The molecule has 3 aliphatic rings. The number of nitrogens with zero attached hydrogens (tertiary/aromatic N) is 3. The molecule has 1 saturated heterocycles. The van der Waals surface area contributed by atoms with Crippen molar-refractivity contribution in [3.63, 3.8) is 0 Å². The normalized spacial score (nSPS) is 21.0. The molecular weight excluding hydrogens is 407 g/mol. The van der Waals surface area contributed by atoms with E-state index >= 15 is 0 Å². The van der Waals surface area contributed by atoms with Gasteiger partial charge in [0, 0.05) is 24.3 Å². The lowest BCUT2D eigenvalue weighted by Crippen LogP contribution is -2.29. The average Bonchev–Trinajstić information content (AvgIpc) is 3.49. The van der Waals surface area contributed by atoms with Crippen LogP contribution in [0.4, 0.5) is 18.9 Å². The van der Waals surface area contributed by atoms with Crippen LogP contribution in [-0.2, 0) is 19.0 Å². The number of aromatic nitrogens is 2. The van der Waals surface area contributed by atoms with Crippen LogP contribution in [0, 0.1) is 0 Å². The first-order valence-electron chi connectivity index (χ1n) is 10.8. The van der Waals surface area contributed by atoms with Crippen molar-refractivity contribution in [3.05, 3.63) is 57.0 Å². The number of allylic oxidation sites excluding steroid dienone is 2. The number of fused-ring (bicyclic) bond motifs is 1. The molecule has 1 aliphatic heterocycles. The molecule has 0 unspecified atom stereocenters. The summed E-state index contributed by atoms with van der Waals surface area (Å²) >= 11 is 0. The molecule has 2 aliphatic carbocycles. The van der Waals surface area contributed by atoms with E-state index < -0.39 is 23.4 Å². The Morgan fingerprint density at radius 2 is 1.90 bits per heavy atom. The quantitative estimate of drug-likeness (QED) is 0.802. The van der Waals surface area contributed by atoms with Gasteiger partial charge in [0.2, 0.25) is 0 Å². The van der Waals surface area contributed by atoms with Crippen molar-refractivity contribution in [2.75, 3.05) is 18.0 Å². The molecule has 1 aromatic heterocycles. The maximum Gasteiger partial charge on any atom is 0.418 e. The van der Waals surface area contributed by atoms with Crippen LogP contribution < -0.4 is 10.5 Å². The van der Waals surface area contributed by atoms with E-state index in [1.165, 1.54) is 12.1 Å². The topological polar surface area (TPSA) is 58.4 Å². The molecule has 2 heterocycles. The fourth-order valence-electron chi connectivity index (χ4n) is 4.99. The van der Waals surface area contributed by atoms with E-state index in [1.54, 1.807) is 0 Å². The lowest BCUT2D eigenvalue weighted by Gasteiger charge is -2.22. The molecule has 1 fully saturated rings. The second-order valence-corrected chi connectivity index (χ2v) is 8.59. The van der Waals surface area contributed by atoms with E-state index in [0.717, 1.165) is 54.0 Å². The Bertz CT molecular complexity index is 1120. The number of anilines is 1. The van der Waals surface area contributed by atoms with Crippen LogP contribution in [0.15, 0.2) is 29.1 Å². The van der Waals surface area contributed by atoms with Crippen molar-refractivity contribution >= 4 is 11.3 Å². The third-order valence-corrected chi connectivity index (χ3v) is 6.54. The van der Waals surface area contributed by atoms with Gasteiger partial charge in [0.15, 0.2) is 0 Å². The zero-order valence-electron chi connectivity index (χ0n) is 17.1. The second kappa shape index (κ2) is 7.51. The predicted octanol–water partition coefficient (Wildman–Crippen LogP) is 3.88. The zero-order valence-corrected chi connectivity index (χ0v) is 17.1. The molecule has 0 amide bonds. The molecule has 31 heavy (non-hydrogen) atoms. The number of β-amino-alcohol motifs (C(OH)–C–C–N with tert-alkyl or cyclic N) is 1. The number of hydrogen-bond donors (Lipinski definition) is 1. The van der Waals surface area contributed by atoms with Crippen LogP contribution in [0.1, 0.15) is 54.5 Å². The highest BCUT2D eigenvalue weighted by atomic mass is 19.4. The van der Waals surface area contributed by atoms with Crippen molar-refractivity contribution in [1.29, 1.82) is 0 Å². The molecule has 0 saturated carbocycles. The van der Waals surface area contributed by atoms with Crippen LogP contribution >= 0.6 is 0 Å². The molecule has 2 aromatic rings. The molecule has 1 aromatic carbocycles. The van der Waals surface area contributed by atoms with Crippen LogP contribution in [0.5, 0.6) is 0 Å². The van der Waals surface area contributed by atoms with Gasteiger partial charge in [0.25, 0.3) is 5.56 Å². The van der Waals surface area contributed by atoms with Crippen molar-refractivity contribution in [3.8, 4) is 5.69 Å². The first kappa shape index (κ1) is 20.3. The summed E-state index contributed by atoms with van der Waals surface area (Å²) in [5.41, 5.74) is 2.17. The monoisotopic (exact) mass is 431 g/mol. The number of alkyl halides is 3. The van der Waals surface area contributed by atoms with E-state index in [2.05, 4.69) is 11.2 Å². The molecule has 1 atom stereocenters. The fraction of sp³-hybridized carbons (Fsp3) is 0.478. The summed E-state index contributed by atoms with van der Waals surface area (Å²) in [5.74, 6) is 0. The average molecular weight is 431 g/mol. The van der Waals surface area contributed by atoms with Gasteiger partial charge in [-0.25, -0.2) is 0 Å². The van der Waals surface area contributed by atoms with Gasteiger partial charge in [-0.05, 0) is 74.3 Å². The van der Waals surface area contributed by atoms with Gasteiger partial charge < -0.3 is 10.0 Å². The lowest BCUT2D eigenvalue weighted by atomic mass is 10.0. The van der Waals surface area contributed by atoms with Gasteiger partial charge in [-0.2, -0.15) is 23.0 Å². The smallest absolute Gasteiger partial charge is 0.391 e. The predicted molar refractivity (Wildman–Crippen MR) is 112 cm³/mol. The molecule has 1 N–H and O–H groups in total. The number of rotatable bonds is 3. The Morgan fingerprint density at radius 1 is 1.10 bits per heavy atom. The molecule has 0 radical (unpaired) electrons. The maximum absolute atomic E-state index is 13.9. The molecule has 5 nitrogen and oxygen atoms in total. The number of aliphatic hydroxyl groups excluding tert-OH is 1. The highest BCUT2D eigenvalue weighted by molar-refractivity contribution is 5.68. The lowest BCUT2D eigenvalue weighted by molar-refractivity contribution is -0.137.